The van der Waals surface area contributed by atoms with E-state index in [4.69, 9.17) is 5.11 Å². The Labute approximate surface area is 126 Å². The van der Waals surface area contributed by atoms with E-state index >= 15 is 0 Å². The molecule has 1 amide bonds. The van der Waals surface area contributed by atoms with Crippen LogP contribution in [0.1, 0.15) is 31.4 Å². The maximum absolute atomic E-state index is 12.8. The van der Waals surface area contributed by atoms with Gasteiger partial charge in [-0.2, -0.15) is 13.2 Å². The van der Waals surface area contributed by atoms with E-state index in [0.29, 0.717) is 0 Å². The second-order valence-corrected chi connectivity index (χ2v) is 5.62. The van der Waals surface area contributed by atoms with Crippen molar-refractivity contribution in [3.63, 3.8) is 0 Å². The zero-order chi connectivity index (χ0) is 17.0. The van der Waals surface area contributed by atoms with Crippen molar-refractivity contribution in [3.8, 4) is 0 Å². The molecule has 1 aromatic carbocycles. The predicted molar refractivity (Wildman–Crippen MR) is 74.2 cm³/mol. The number of carbonyl (C=O) groups is 2. The number of halogens is 3. The number of carboxylic acid groups (broad SMARTS) is 1. The quantitative estimate of drug-likeness (QED) is 0.848. The molecule has 0 aromatic heterocycles. The summed E-state index contributed by atoms with van der Waals surface area (Å²) in [5, 5.41) is 11.4. The summed E-state index contributed by atoms with van der Waals surface area (Å²) < 4.78 is 38.4. The molecule has 0 aliphatic rings. The second kappa shape index (κ2) is 6.81. The number of carboxylic acids is 1. The van der Waals surface area contributed by atoms with Gasteiger partial charge in [0, 0.05) is 6.54 Å². The van der Waals surface area contributed by atoms with E-state index in [1.807, 2.05) is 0 Å². The summed E-state index contributed by atoms with van der Waals surface area (Å²) in [6.07, 6.45) is -4.72. The van der Waals surface area contributed by atoms with Crippen LogP contribution < -0.4 is 5.32 Å². The zero-order valence-electron chi connectivity index (χ0n) is 12.3. The van der Waals surface area contributed by atoms with Gasteiger partial charge in [-0.3, -0.25) is 9.59 Å². The Morgan fingerprint density at radius 3 is 2.32 bits per heavy atom. The molecule has 1 aromatic rings. The summed E-state index contributed by atoms with van der Waals surface area (Å²) in [5.74, 6) is -1.57. The minimum absolute atomic E-state index is 0.0896. The molecule has 0 saturated heterocycles. The standard InChI is InChI=1S/C15H18F3NO3/c1-14(2,13(21)22)7-8-19-12(20)9-10-5-3-4-6-11(10)15(16,17)18/h3-6H,7-9H2,1-2H3,(H,19,20)(H,21,22). The number of alkyl halides is 3. The topological polar surface area (TPSA) is 66.4 Å². The molecule has 122 valence electrons. The minimum atomic E-state index is -4.51. The van der Waals surface area contributed by atoms with Gasteiger partial charge in [0.15, 0.2) is 0 Å². The normalized spacial score (nSPS) is 12.0. The molecule has 0 unspecified atom stereocenters. The maximum Gasteiger partial charge on any atom is 0.416 e. The van der Waals surface area contributed by atoms with Crippen LogP contribution in [0.2, 0.25) is 0 Å². The fourth-order valence-electron chi connectivity index (χ4n) is 1.81. The molecule has 0 fully saturated rings. The highest BCUT2D eigenvalue weighted by Crippen LogP contribution is 2.32. The van der Waals surface area contributed by atoms with Gasteiger partial charge in [0.2, 0.25) is 5.91 Å². The third-order valence-electron chi connectivity index (χ3n) is 3.32. The first-order chi connectivity index (χ1) is 10.0. The summed E-state index contributed by atoms with van der Waals surface area (Å²) in [4.78, 5) is 22.6. The van der Waals surface area contributed by atoms with Crippen LogP contribution in [0.4, 0.5) is 13.2 Å². The third kappa shape index (κ3) is 5.05. The largest absolute Gasteiger partial charge is 0.481 e. The average molecular weight is 317 g/mol. The number of rotatable bonds is 6. The highest BCUT2D eigenvalue weighted by atomic mass is 19.4. The van der Waals surface area contributed by atoms with Crippen molar-refractivity contribution in [1.29, 1.82) is 0 Å². The number of carbonyl (C=O) groups excluding carboxylic acids is 1. The van der Waals surface area contributed by atoms with E-state index in [2.05, 4.69) is 5.32 Å². The predicted octanol–water partition coefficient (Wildman–Crippen LogP) is 2.87. The van der Waals surface area contributed by atoms with Gasteiger partial charge in [-0.25, -0.2) is 0 Å². The molecule has 0 spiro atoms. The number of hydrogen-bond donors (Lipinski definition) is 2. The van der Waals surface area contributed by atoms with Crippen molar-refractivity contribution >= 4 is 11.9 Å². The van der Waals surface area contributed by atoms with E-state index in [9.17, 15) is 22.8 Å². The Morgan fingerprint density at radius 2 is 1.77 bits per heavy atom. The molecule has 0 heterocycles. The van der Waals surface area contributed by atoms with Crippen molar-refractivity contribution in [2.24, 2.45) is 5.41 Å². The minimum Gasteiger partial charge on any atom is -0.481 e. The fourth-order valence-corrected chi connectivity index (χ4v) is 1.81. The lowest BCUT2D eigenvalue weighted by atomic mass is 9.89. The van der Waals surface area contributed by atoms with Gasteiger partial charge in [0.1, 0.15) is 0 Å². The highest BCUT2D eigenvalue weighted by Gasteiger charge is 2.33. The molecule has 1 rings (SSSR count). The van der Waals surface area contributed by atoms with Crippen LogP contribution in [0.3, 0.4) is 0 Å². The van der Waals surface area contributed by atoms with Crippen LogP contribution in [0.5, 0.6) is 0 Å². The zero-order valence-corrected chi connectivity index (χ0v) is 12.3. The van der Waals surface area contributed by atoms with Crippen LogP contribution in [0.25, 0.3) is 0 Å². The van der Waals surface area contributed by atoms with Crippen LogP contribution in [0, 0.1) is 5.41 Å². The van der Waals surface area contributed by atoms with Gasteiger partial charge < -0.3 is 10.4 Å². The molecular formula is C15H18F3NO3. The van der Waals surface area contributed by atoms with E-state index < -0.39 is 35.5 Å². The Kier molecular flexibility index (Phi) is 5.57. The van der Waals surface area contributed by atoms with Crippen molar-refractivity contribution in [3.05, 3.63) is 35.4 Å². The SMILES string of the molecule is CC(C)(CCNC(=O)Cc1ccccc1C(F)(F)F)C(=O)O. The molecular weight excluding hydrogens is 299 g/mol. The number of amides is 1. The van der Waals surface area contributed by atoms with E-state index in [-0.39, 0.29) is 18.5 Å². The van der Waals surface area contributed by atoms with Gasteiger partial charge in [0.25, 0.3) is 0 Å². The Bertz CT molecular complexity index is 553. The smallest absolute Gasteiger partial charge is 0.416 e. The average Bonchev–Trinajstić information content (AvgIpc) is 2.37. The highest BCUT2D eigenvalue weighted by molar-refractivity contribution is 5.79. The summed E-state index contributed by atoms with van der Waals surface area (Å²) in [6, 6.07) is 4.88. The number of nitrogens with one attached hydrogen (secondary N) is 1. The van der Waals surface area contributed by atoms with Crippen LogP contribution in [-0.4, -0.2) is 23.5 Å². The first-order valence-electron chi connectivity index (χ1n) is 6.69. The Hall–Kier alpha value is -2.05. The lowest BCUT2D eigenvalue weighted by Crippen LogP contribution is -2.33. The number of benzene rings is 1. The maximum atomic E-state index is 12.8. The number of hydrogen-bond acceptors (Lipinski definition) is 2. The van der Waals surface area contributed by atoms with Gasteiger partial charge in [0.05, 0.1) is 17.4 Å². The van der Waals surface area contributed by atoms with Crippen LogP contribution in [0.15, 0.2) is 24.3 Å². The summed E-state index contributed by atoms with van der Waals surface area (Å²) in [5.41, 5.74) is -1.95. The van der Waals surface area contributed by atoms with Gasteiger partial charge in [-0.1, -0.05) is 18.2 Å². The molecule has 0 aliphatic carbocycles. The lowest BCUT2D eigenvalue weighted by molar-refractivity contribution is -0.147. The van der Waals surface area contributed by atoms with E-state index in [1.165, 1.54) is 32.0 Å². The van der Waals surface area contributed by atoms with E-state index in [1.54, 1.807) is 0 Å². The molecule has 4 nitrogen and oxygen atoms in total. The first-order valence-corrected chi connectivity index (χ1v) is 6.69. The monoisotopic (exact) mass is 317 g/mol. The van der Waals surface area contributed by atoms with E-state index in [0.717, 1.165) is 6.07 Å². The van der Waals surface area contributed by atoms with Crippen molar-refractivity contribution < 1.29 is 27.9 Å². The third-order valence-corrected chi connectivity index (χ3v) is 3.32. The summed E-state index contributed by atoms with van der Waals surface area (Å²) in [6.45, 7) is 3.12. The van der Waals surface area contributed by atoms with Crippen LogP contribution >= 0.6 is 0 Å². The molecule has 7 heteroatoms. The molecule has 2 N–H and O–H groups in total. The van der Waals surface area contributed by atoms with Crippen LogP contribution in [-0.2, 0) is 22.2 Å². The second-order valence-electron chi connectivity index (χ2n) is 5.62. The molecule has 0 aliphatic heterocycles. The Balaban J connectivity index is 2.62. The van der Waals surface area contributed by atoms with Gasteiger partial charge >= 0.3 is 12.1 Å². The summed E-state index contributed by atoms with van der Waals surface area (Å²) >= 11 is 0. The fraction of sp³-hybridized carbons (Fsp3) is 0.467. The molecule has 0 atom stereocenters. The lowest BCUT2D eigenvalue weighted by Gasteiger charge is -2.19. The van der Waals surface area contributed by atoms with Crippen molar-refractivity contribution in [2.75, 3.05) is 6.54 Å². The molecule has 22 heavy (non-hydrogen) atoms. The molecule has 0 bridgehead atoms. The molecule has 0 radical (unpaired) electrons. The Morgan fingerprint density at radius 1 is 1.18 bits per heavy atom. The number of aliphatic carboxylic acids is 1. The molecule has 0 saturated carbocycles. The van der Waals surface area contributed by atoms with Crippen molar-refractivity contribution in [2.45, 2.75) is 32.9 Å². The van der Waals surface area contributed by atoms with Crippen molar-refractivity contribution in [1.82, 2.24) is 5.32 Å². The van der Waals surface area contributed by atoms with Gasteiger partial charge in [-0.05, 0) is 31.9 Å². The van der Waals surface area contributed by atoms with Gasteiger partial charge in [-0.15, -0.1) is 0 Å². The summed E-state index contributed by atoms with van der Waals surface area (Å²) in [7, 11) is 0. The first kappa shape index (κ1) is 18.0.